The van der Waals surface area contributed by atoms with Crippen molar-refractivity contribution in [2.24, 2.45) is 5.73 Å². The lowest BCUT2D eigenvalue weighted by Crippen LogP contribution is -2.14. The van der Waals surface area contributed by atoms with Crippen molar-refractivity contribution in [1.82, 2.24) is 0 Å². The number of nitrogens with two attached hydrogens (primary N) is 1. The molecule has 0 amide bonds. The Balaban J connectivity index is 3.13. The molecule has 3 N–H and O–H groups in total. The van der Waals surface area contributed by atoms with E-state index < -0.39 is 6.04 Å². The molecule has 0 radical (unpaired) electrons. The van der Waals surface area contributed by atoms with E-state index in [2.05, 4.69) is 15.9 Å². The first-order chi connectivity index (χ1) is 6.60. The van der Waals surface area contributed by atoms with Crippen LogP contribution in [-0.4, -0.2) is 18.0 Å². The van der Waals surface area contributed by atoms with Gasteiger partial charge in [0.25, 0.3) is 0 Å². The van der Waals surface area contributed by atoms with Crippen LogP contribution in [0.4, 0.5) is 4.39 Å². The van der Waals surface area contributed by atoms with Crippen molar-refractivity contribution in [2.75, 3.05) is 12.9 Å². The SMILES string of the molecule is CSc1c(F)cc(C(N)CO)cc1Br. The minimum atomic E-state index is -0.531. The molecule has 1 unspecified atom stereocenters. The second kappa shape index (κ2) is 5.11. The summed E-state index contributed by atoms with van der Waals surface area (Å²) in [6, 6.07) is 2.56. The zero-order valence-electron chi connectivity index (χ0n) is 7.63. The topological polar surface area (TPSA) is 46.2 Å². The van der Waals surface area contributed by atoms with Crippen molar-refractivity contribution in [1.29, 1.82) is 0 Å². The molecular weight excluding hydrogens is 269 g/mol. The standard InChI is InChI=1S/C9H11BrFNOS/c1-14-9-6(10)2-5(3-7(9)11)8(12)4-13/h2-3,8,13H,4,12H2,1H3. The van der Waals surface area contributed by atoms with Gasteiger partial charge >= 0.3 is 0 Å². The minimum Gasteiger partial charge on any atom is -0.394 e. The highest BCUT2D eigenvalue weighted by molar-refractivity contribution is 9.10. The second-order valence-corrected chi connectivity index (χ2v) is 4.48. The Kier molecular flexibility index (Phi) is 4.37. The number of benzene rings is 1. The van der Waals surface area contributed by atoms with Gasteiger partial charge in [-0.05, 0) is 39.9 Å². The molecule has 0 bridgehead atoms. The molecule has 0 aromatic heterocycles. The van der Waals surface area contributed by atoms with E-state index in [9.17, 15) is 4.39 Å². The van der Waals surface area contributed by atoms with Crippen LogP contribution in [0.5, 0.6) is 0 Å². The molecule has 0 aliphatic heterocycles. The van der Waals surface area contributed by atoms with Gasteiger partial charge in [-0.25, -0.2) is 4.39 Å². The molecule has 1 aromatic carbocycles. The lowest BCUT2D eigenvalue weighted by molar-refractivity contribution is 0.267. The highest BCUT2D eigenvalue weighted by Crippen LogP contribution is 2.31. The molecular formula is C9H11BrFNOS. The zero-order valence-corrected chi connectivity index (χ0v) is 10.0. The fourth-order valence-corrected chi connectivity index (χ4v) is 2.54. The Labute approximate surface area is 94.8 Å². The van der Waals surface area contributed by atoms with Crippen molar-refractivity contribution in [3.8, 4) is 0 Å². The summed E-state index contributed by atoms with van der Waals surface area (Å²) >= 11 is 4.58. The smallest absolute Gasteiger partial charge is 0.138 e. The summed E-state index contributed by atoms with van der Waals surface area (Å²) in [4.78, 5) is 0.555. The van der Waals surface area contributed by atoms with Crippen LogP contribution in [0.2, 0.25) is 0 Å². The van der Waals surface area contributed by atoms with Crippen LogP contribution in [0.25, 0.3) is 0 Å². The van der Waals surface area contributed by atoms with Crippen LogP contribution in [0.1, 0.15) is 11.6 Å². The number of thioether (sulfide) groups is 1. The zero-order chi connectivity index (χ0) is 10.7. The lowest BCUT2D eigenvalue weighted by Gasteiger charge is -2.11. The first kappa shape index (κ1) is 12.0. The normalized spacial score (nSPS) is 12.9. The van der Waals surface area contributed by atoms with Crippen molar-refractivity contribution in [3.05, 3.63) is 28.0 Å². The predicted molar refractivity (Wildman–Crippen MR) is 59.9 cm³/mol. The van der Waals surface area contributed by atoms with Crippen molar-refractivity contribution in [2.45, 2.75) is 10.9 Å². The van der Waals surface area contributed by atoms with Gasteiger partial charge in [0, 0.05) is 4.47 Å². The molecule has 0 saturated heterocycles. The summed E-state index contributed by atoms with van der Waals surface area (Å²) in [5, 5.41) is 8.83. The maximum absolute atomic E-state index is 13.4. The lowest BCUT2D eigenvalue weighted by atomic mass is 10.1. The van der Waals surface area contributed by atoms with Crippen LogP contribution in [0, 0.1) is 5.82 Å². The molecule has 0 heterocycles. The first-order valence-electron chi connectivity index (χ1n) is 3.99. The van der Waals surface area contributed by atoms with Crippen LogP contribution in [0.3, 0.4) is 0 Å². The fraction of sp³-hybridized carbons (Fsp3) is 0.333. The van der Waals surface area contributed by atoms with Crippen molar-refractivity contribution >= 4 is 27.7 Å². The van der Waals surface area contributed by atoms with Gasteiger partial charge in [-0.1, -0.05) is 0 Å². The van der Waals surface area contributed by atoms with Gasteiger partial charge in [0.2, 0.25) is 0 Å². The van der Waals surface area contributed by atoms with Gasteiger partial charge in [0.05, 0.1) is 17.5 Å². The Morgan fingerprint density at radius 1 is 1.64 bits per heavy atom. The number of halogens is 2. The van der Waals surface area contributed by atoms with Gasteiger partial charge in [-0.3, -0.25) is 0 Å². The first-order valence-corrected chi connectivity index (χ1v) is 6.01. The molecule has 0 saturated carbocycles. The Morgan fingerprint density at radius 3 is 2.71 bits per heavy atom. The average molecular weight is 280 g/mol. The number of aliphatic hydroxyl groups excluding tert-OH is 1. The highest BCUT2D eigenvalue weighted by atomic mass is 79.9. The second-order valence-electron chi connectivity index (χ2n) is 2.81. The molecule has 0 fully saturated rings. The third kappa shape index (κ3) is 2.48. The highest BCUT2D eigenvalue weighted by Gasteiger charge is 2.12. The van der Waals surface area contributed by atoms with Crippen LogP contribution >= 0.6 is 27.7 Å². The molecule has 1 rings (SSSR count). The van der Waals surface area contributed by atoms with E-state index in [1.165, 1.54) is 17.8 Å². The van der Waals surface area contributed by atoms with E-state index in [1.54, 1.807) is 12.3 Å². The summed E-state index contributed by atoms with van der Waals surface area (Å²) in [5.41, 5.74) is 6.17. The summed E-state index contributed by atoms with van der Waals surface area (Å²) in [6.07, 6.45) is 1.80. The molecule has 2 nitrogen and oxygen atoms in total. The maximum Gasteiger partial charge on any atom is 0.138 e. The summed E-state index contributed by atoms with van der Waals surface area (Å²) in [5.74, 6) is -0.314. The fourth-order valence-electron chi connectivity index (χ4n) is 1.09. The predicted octanol–water partition coefficient (Wildman–Crippen LogP) is 2.30. The summed E-state index contributed by atoms with van der Waals surface area (Å²) < 4.78 is 14.1. The summed E-state index contributed by atoms with van der Waals surface area (Å²) in [6.45, 7) is -0.190. The van der Waals surface area contributed by atoms with Gasteiger partial charge in [0.15, 0.2) is 0 Å². The van der Waals surface area contributed by atoms with E-state index in [1.807, 2.05) is 0 Å². The Morgan fingerprint density at radius 2 is 2.29 bits per heavy atom. The van der Waals surface area contributed by atoms with E-state index in [-0.39, 0.29) is 12.4 Å². The summed E-state index contributed by atoms with van der Waals surface area (Å²) in [7, 11) is 0. The largest absolute Gasteiger partial charge is 0.394 e. The Bertz CT molecular complexity index is 312. The number of hydrogen-bond donors (Lipinski definition) is 2. The molecule has 1 atom stereocenters. The van der Waals surface area contributed by atoms with E-state index in [0.29, 0.717) is 14.9 Å². The average Bonchev–Trinajstić information content (AvgIpc) is 2.16. The number of rotatable bonds is 3. The van der Waals surface area contributed by atoms with Crippen LogP contribution < -0.4 is 5.73 Å². The van der Waals surface area contributed by atoms with E-state index in [0.717, 1.165) is 0 Å². The molecule has 14 heavy (non-hydrogen) atoms. The van der Waals surface area contributed by atoms with Crippen LogP contribution in [-0.2, 0) is 0 Å². The molecule has 0 aliphatic carbocycles. The molecule has 78 valence electrons. The molecule has 0 aliphatic rings. The van der Waals surface area contributed by atoms with E-state index >= 15 is 0 Å². The molecule has 5 heteroatoms. The molecule has 0 spiro atoms. The quantitative estimate of drug-likeness (QED) is 0.835. The van der Waals surface area contributed by atoms with Crippen molar-refractivity contribution in [3.63, 3.8) is 0 Å². The van der Waals surface area contributed by atoms with Gasteiger partial charge in [-0.15, -0.1) is 11.8 Å². The van der Waals surface area contributed by atoms with Crippen molar-refractivity contribution < 1.29 is 9.50 Å². The minimum absolute atomic E-state index is 0.190. The number of aliphatic hydroxyl groups is 1. The third-order valence-corrected chi connectivity index (χ3v) is 3.56. The van der Waals surface area contributed by atoms with Gasteiger partial charge < -0.3 is 10.8 Å². The Hall–Kier alpha value is -0.100. The van der Waals surface area contributed by atoms with Crippen LogP contribution in [0.15, 0.2) is 21.5 Å². The van der Waals surface area contributed by atoms with Gasteiger partial charge in [-0.2, -0.15) is 0 Å². The third-order valence-electron chi connectivity index (χ3n) is 1.85. The number of hydrogen-bond acceptors (Lipinski definition) is 3. The monoisotopic (exact) mass is 279 g/mol. The van der Waals surface area contributed by atoms with Gasteiger partial charge in [0.1, 0.15) is 5.82 Å². The maximum atomic E-state index is 13.4. The molecule has 1 aromatic rings. The van der Waals surface area contributed by atoms with E-state index in [4.69, 9.17) is 10.8 Å².